The molecule has 1 saturated heterocycles. The minimum absolute atomic E-state index is 0.0671. The lowest BCUT2D eigenvalue weighted by Crippen LogP contribution is -2.47. The number of carbonyl (C=O) groups excluding carboxylic acids is 1. The Hall–Kier alpha value is -2.22. The molecule has 23 heavy (non-hydrogen) atoms. The van der Waals surface area contributed by atoms with Crippen molar-refractivity contribution in [2.45, 2.75) is 25.8 Å². The molecule has 0 bridgehead atoms. The number of rotatable bonds is 3. The molecule has 0 aliphatic carbocycles. The number of piperidine rings is 1. The quantitative estimate of drug-likeness (QED) is 0.934. The van der Waals surface area contributed by atoms with Gasteiger partial charge < -0.3 is 9.80 Å². The Morgan fingerprint density at radius 1 is 1.39 bits per heavy atom. The van der Waals surface area contributed by atoms with Crippen molar-refractivity contribution in [3.8, 4) is 0 Å². The van der Waals surface area contributed by atoms with E-state index in [1.54, 1.807) is 18.7 Å². The van der Waals surface area contributed by atoms with Crippen LogP contribution in [0.25, 0.3) is 0 Å². The second kappa shape index (κ2) is 6.91. The summed E-state index contributed by atoms with van der Waals surface area (Å²) in [6.07, 6.45) is 6.92. The highest BCUT2D eigenvalue weighted by Gasteiger charge is 2.26. The number of amides is 2. The molecule has 3 heterocycles. The fourth-order valence-electron chi connectivity index (χ4n) is 2.72. The molecule has 0 atom stereocenters. The molecule has 3 rings (SSSR count). The first-order valence-corrected chi connectivity index (χ1v) is 8.42. The highest BCUT2D eigenvalue weighted by molar-refractivity contribution is 7.15. The standard InChI is InChI=1S/C15H20N6OS/c1-11-9-17-14(23-11)19-15(22)21-7-4-12(5-8-21)20(2)13-3-6-16-10-18-13/h3,6,9-10,12H,4-5,7-8H2,1-2H3,(H,17,19,22). The van der Waals surface area contributed by atoms with Crippen molar-refractivity contribution < 1.29 is 4.79 Å². The predicted molar refractivity (Wildman–Crippen MR) is 90.9 cm³/mol. The summed E-state index contributed by atoms with van der Waals surface area (Å²) >= 11 is 1.49. The Morgan fingerprint density at radius 2 is 2.17 bits per heavy atom. The summed E-state index contributed by atoms with van der Waals surface area (Å²) in [7, 11) is 2.04. The molecule has 1 aliphatic heterocycles. The smallest absolute Gasteiger partial charge is 0.323 e. The molecule has 8 heteroatoms. The number of likely N-dealkylation sites (tertiary alicyclic amines) is 1. The maximum absolute atomic E-state index is 12.3. The molecular weight excluding hydrogens is 312 g/mol. The van der Waals surface area contributed by atoms with E-state index in [-0.39, 0.29) is 6.03 Å². The maximum Gasteiger partial charge on any atom is 0.323 e. The number of urea groups is 1. The van der Waals surface area contributed by atoms with Gasteiger partial charge in [0, 0.05) is 43.4 Å². The summed E-state index contributed by atoms with van der Waals surface area (Å²) in [5.74, 6) is 0.918. The minimum atomic E-state index is -0.0671. The second-order valence-corrected chi connectivity index (χ2v) is 6.84. The van der Waals surface area contributed by atoms with Crippen LogP contribution in [0.1, 0.15) is 17.7 Å². The molecule has 0 aromatic carbocycles. The van der Waals surface area contributed by atoms with E-state index < -0.39 is 0 Å². The summed E-state index contributed by atoms with van der Waals surface area (Å²) in [5, 5.41) is 3.53. The number of thiazole rings is 1. The largest absolute Gasteiger partial charge is 0.356 e. The Labute approximate surface area is 139 Å². The number of aromatic nitrogens is 3. The molecule has 0 radical (unpaired) electrons. The number of hydrogen-bond acceptors (Lipinski definition) is 6. The van der Waals surface area contributed by atoms with Crippen molar-refractivity contribution in [1.82, 2.24) is 19.9 Å². The van der Waals surface area contributed by atoms with Crippen LogP contribution >= 0.6 is 11.3 Å². The highest BCUT2D eigenvalue weighted by Crippen LogP contribution is 2.21. The van der Waals surface area contributed by atoms with Gasteiger partial charge in [0.1, 0.15) is 12.1 Å². The van der Waals surface area contributed by atoms with Gasteiger partial charge in [-0.2, -0.15) is 0 Å². The SMILES string of the molecule is Cc1cnc(NC(=O)N2CCC(N(C)c3ccncn3)CC2)s1. The fourth-order valence-corrected chi connectivity index (χ4v) is 3.37. The molecule has 2 aromatic heterocycles. The number of aryl methyl sites for hydroxylation is 1. The zero-order valence-corrected chi connectivity index (χ0v) is 14.1. The summed E-state index contributed by atoms with van der Waals surface area (Å²) in [6.45, 7) is 3.44. The van der Waals surface area contributed by atoms with Crippen LogP contribution in [0.4, 0.5) is 15.7 Å². The van der Waals surface area contributed by atoms with E-state index >= 15 is 0 Å². The Balaban J connectivity index is 1.53. The third-order valence-corrected chi connectivity index (χ3v) is 4.89. The average molecular weight is 332 g/mol. The monoisotopic (exact) mass is 332 g/mol. The molecule has 1 aliphatic rings. The summed E-state index contributed by atoms with van der Waals surface area (Å²) in [5.41, 5.74) is 0. The van der Waals surface area contributed by atoms with Gasteiger partial charge in [-0.25, -0.2) is 19.7 Å². The Morgan fingerprint density at radius 3 is 2.78 bits per heavy atom. The fraction of sp³-hybridized carbons (Fsp3) is 0.467. The number of carbonyl (C=O) groups is 1. The lowest BCUT2D eigenvalue weighted by atomic mass is 10.0. The zero-order valence-electron chi connectivity index (χ0n) is 13.3. The van der Waals surface area contributed by atoms with Gasteiger partial charge in [-0.05, 0) is 25.8 Å². The third kappa shape index (κ3) is 3.76. The third-order valence-electron chi connectivity index (χ3n) is 4.06. The van der Waals surface area contributed by atoms with Crippen molar-refractivity contribution in [3.63, 3.8) is 0 Å². The average Bonchev–Trinajstić information content (AvgIpc) is 3.00. The van der Waals surface area contributed by atoms with Crippen LogP contribution in [-0.4, -0.2) is 52.1 Å². The van der Waals surface area contributed by atoms with Gasteiger partial charge in [0.05, 0.1) is 0 Å². The van der Waals surface area contributed by atoms with Gasteiger partial charge in [0.2, 0.25) is 0 Å². The van der Waals surface area contributed by atoms with E-state index in [1.165, 1.54) is 11.3 Å². The van der Waals surface area contributed by atoms with Crippen molar-refractivity contribution >= 4 is 28.3 Å². The maximum atomic E-state index is 12.3. The normalized spacial score (nSPS) is 15.5. The van der Waals surface area contributed by atoms with Crippen LogP contribution in [0, 0.1) is 6.92 Å². The van der Waals surface area contributed by atoms with E-state index in [4.69, 9.17) is 0 Å². The second-order valence-electron chi connectivity index (χ2n) is 5.60. The van der Waals surface area contributed by atoms with Gasteiger partial charge in [-0.1, -0.05) is 0 Å². The topological polar surface area (TPSA) is 74.2 Å². The van der Waals surface area contributed by atoms with Crippen LogP contribution in [0.5, 0.6) is 0 Å². The molecule has 7 nitrogen and oxygen atoms in total. The van der Waals surface area contributed by atoms with Crippen LogP contribution < -0.4 is 10.2 Å². The molecule has 1 N–H and O–H groups in total. The molecule has 0 spiro atoms. The van der Waals surface area contributed by atoms with Gasteiger partial charge in [-0.15, -0.1) is 11.3 Å². The zero-order chi connectivity index (χ0) is 16.2. The molecular formula is C15H20N6OS. The van der Waals surface area contributed by atoms with Gasteiger partial charge in [0.25, 0.3) is 0 Å². The predicted octanol–water partition coefficient (Wildman–Crippen LogP) is 2.37. The van der Waals surface area contributed by atoms with Crippen LogP contribution in [0.3, 0.4) is 0 Å². The van der Waals surface area contributed by atoms with E-state index in [0.29, 0.717) is 11.2 Å². The first-order valence-electron chi connectivity index (χ1n) is 7.60. The van der Waals surface area contributed by atoms with Gasteiger partial charge >= 0.3 is 6.03 Å². The van der Waals surface area contributed by atoms with Crippen molar-refractivity contribution in [2.75, 3.05) is 30.4 Å². The number of nitrogens with one attached hydrogen (secondary N) is 1. The molecule has 2 amide bonds. The summed E-state index contributed by atoms with van der Waals surface area (Å²) in [4.78, 5) is 29.8. The molecule has 122 valence electrons. The van der Waals surface area contributed by atoms with E-state index in [0.717, 1.165) is 36.6 Å². The van der Waals surface area contributed by atoms with Gasteiger partial charge in [0.15, 0.2) is 5.13 Å². The van der Waals surface area contributed by atoms with Crippen molar-refractivity contribution in [2.24, 2.45) is 0 Å². The lowest BCUT2D eigenvalue weighted by Gasteiger charge is -2.37. The van der Waals surface area contributed by atoms with Crippen LogP contribution in [0.15, 0.2) is 24.8 Å². The van der Waals surface area contributed by atoms with E-state index in [9.17, 15) is 4.79 Å². The highest BCUT2D eigenvalue weighted by atomic mass is 32.1. The van der Waals surface area contributed by atoms with Gasteiger partial charge in [-0.3, -0.25) is 5.32 Å². The molecule has 2 aromatic rings. The van der Waals surface area contributed by atoms with Crippen LogP contribution in [0.2, 0.25) is 0 Å². The number of hydrogen-bond donors (Lipinski definition) is 1. The molecule has 0 saturated carbocycles. The first kappa shape index (κ1) is 15.7. The van der Waals surface area contributed by atoms with Crippen molar-refractivity contribution in [3.05, 3.63) is 29.7 Å². The Kier molecular flexibility index (Phi) is 4.71. The first-order chi connectivity index (χ1) is 11.1. The van der Waals surface area contributed by atoms with E-state index in [1.807, 2.05) is 24.9 Å². The molecule has 1 fully saturated rings. The number of anilines is 2. The van der Waals surface area contributed by atoms with Crippen LogP contribution in [-0.2, 0) is 0 Å². The summed E-state index contributed by atoms with van der Waals surface area (Å²) < 4.78 is 0. The lowest BCUT2D eigenvalue weighted by molar-refractivity contribution is 0.194. The minimum Gasteiger partial charge on any atom is -0.356 e. The Bertz CT molecular complexity index is 653. The number of nitrogens with zero attached hydrogens (tertiary/aromatic N) is 5. The molecule has 0 unspecified atom stereocenters. The van der Waals surface area contributed by atoms with E-state index in [2.05, 4.69) is 25.2 Å². The summed E-state index contributed by atoms with van der Waals surface area (Å²) in [6, 6.07) is 2.22. The van der Waals surface area contributed by atoms with Crippen molar-refractivity contribution in [1.29, 1.82) is 0 Å².